The molecule has 0 saturated carbocycles. The molecule has 1 heterocycles. The summed E-state index contributed by atoms with van der Waals surface area (Å²) in [6.45, 7) is 0. The van der Waals surface area contributed by atoms with Gasteiger partial charge in [0.05, 0.1) is 4.90 Å². The van der Waals surface area contributed by atoms with Crippen LogP contribution in [0.15, 0.2) is 47.5 Å². The van der Waals surface area contributed by atoms with Crippen molar-refractivity contribution < 1.29 is 12.8 Å². The standard InChI is InChI=1S/C16H15FN2O2S/c17-16-9-6-12(10-19-16)15-3-1-2-14(15)11-4-7-13(8-5-11)22(18,20)21/h4-10H,1-3H2,(H2,18,20,21). The van der Waals surface area contributed by atoms with E-state index in [1.807, 2.05) is 0 Å². The highest BCUT2D eigenvalue weighted by atomic mass is 32.2. The van der Waals surface area contributed by atoms with E-state index in [9.17, 15) is 12.8 Å². The Morgan fingerprint density at radius 2 is 1.55 bits per heavy atom. The van der Waals surface area contributed by atoms with Crippen LogP contribution in [0.25, 0.3) is 11.1 Å². The third-order valence-corrected chi connectivity index (χ3v) is 4.75. The number of nitrogens with zero attached hydrogens (tertiary/aromatic N) is 1. The van der Waals surface area contributed by atoms with Gasteiger partial charge in [0.15, 0.2) is 0 Å². The van der Waals surface area contributed by atoms with Crippen LogP contribution in [0.5, 0.6) is 0 Å². The SMILES string of the molecule is NS(=O)(=O)c1ccc(C2=C(c3ccc(F)nc3)CCC2)cc1. The summed E-state index contributed by atoms with van der Waals surface area (Å²) in [5, 5.41) is 5.11. The molecule has 1 aromatic carbocycles. The highest BCUT2D eigenvalue weighted by Crippen LogP contribution is 2.39. The van der Waals surface area contributed by atoms with Crippen LogP contribution in [0.1, 0.15) is 30.4 Å². The second-order valence-corrected chi connectivity index (χ2v) is 6.81. The summed E-state index contributed by atoms with van der Waals surface area (Å²) in [6, 6.07) is 9.62. The first-order valence-electron chi connectivity index (χ1n) is 6.92. The lowest BCUT2D eigenvalue weighted by atomic mass is 9.98. The number of halogens is 1. The minimum atomic E-state index is -3.68. The van der Waals surface area contributed by atoms with Gasteiger partial charge in [-0.15, -0.1) is 0 Å². The largest absolute Gasteiger partial charge is 0.238 e. The van der Waals surface area contributed by atoms with E-state index in [-0.39, 0.29) is 4.90 Å². The average Bonchev–Trinajstić information content (AvgIpc) is 2.97. The Morgan fingerprint density at radius 1 is 0.955 bits per heavy atom. The van der Waals surface area contributed by atoms with E-state index < -0.39 is 16.0 Å². The zero-order chi connectivity index (χ0) is 15.7. The van der Waals surface area contributed by atoms with Crippen LogP contribution in [0.4, 0.5) is 4.39 Å². The molecule has 4 nitrogen and oxygen atoms in total. The first-order chi connectivity index (χ1) is 10.4. The molecular formula is C16H15FN2O2S. The minimum absolute atomic E-state index is 0.0971. The van der Waals surface area contributed by atoms with Crippen molar-refractivity contribution in [2.24, 2.45) is 5.14 Å². The molecule has 0 fully saturated rings. The lowest BCUT2D eigenvalue weighted by Gasteiger charge is -2.09. The maximum Gasteiger partial charge on any atom is 0.238 e. The third kappa shape index (κ3) is 2.93. The van der Waals surface area contributed by atoms with Gasteiger partial charge in [-0.3, -0.25) is 0 Å². The number of pyridine rings is 1. The quantitative estimate of drug-likeness (QED) is 0.884. The maximum absolute atomic E-state index is 13.0. The zero-order valence-corrected chi connectivity index (χ0v) is 12.6. The molecule has 1 aliphatic carbocycles. The normalized spacial score (nSPS) is 15.4. The van der Waals surface area contributed by atoms with Crippen molar-refractivity contribution in [1.82, 2.24) is 4.98 Å². The summed E-state index contributed by atoms with van der Waals surface area (Å²) in [7, 11) is -3.68. The molecule has 22 heavy (non-hydrogen) atoms. The molecule has 2 aromatic rings. The second-order valence-electron chi connectivity index (χ2n) is 5.25. The van der Waals surface area contributed by atoms with E-state index in [0.29, 0.717) is 0 Å². The third-order valence-electron chi connectivity index (χ3n) is 3.82. The van der Waals surface area contributed by atoms with Crippen LogP contribution in [0.3, 0.4) is 0 Å². The number of benzene rings is 1. The summed E-state index contributed by atoms with van der Waals surface area (Å²) in [6.07, 6.45) is 4.36. The van der Waals surface area contributed by atoms with Gasteiger partial charge in [-0.25, -0.2) is 18.5 Å². The Bertz CT molecular complexity index is 825. The molecule has 6 heteroatoms. The molecule has 1 aliphatic rings. The molecule has 0 atom stereocenters. The summed E-state index contributed by atoms with van der Waals surface area (Å²) in [4.78, 5) is 3.80. The number of nitrogens with two attached hydrogens (primary N) is 1. The lowest BCUT2D eigenvalue weighted by molar-refractivity contribution is 0.583. The predicted octanol–water partition coefficient (Wildman–Crippen LogP) is 2.96. The van der Waals surface area contributed by atoms with E-state index in [0.717, 1.165) is 41.5 Å². The van der Waals surface area contributed by atoms with Crippen molar-refractivity contribution >= 4 is 21.2 Å². The Kier molecular flexibility index (Phi) is 3.80. The molecule has 0 amide bonds. The van der Waals surface area contributed by atoms with Crippen molar-refractivity contribution in [2.45, 2.75) is 24.2 Å². The molecule has 0 spiro atoms. The van der Waals surface area contributed by atoms with Crippen molar-refractivity contribution in [2.75, 3.05) is 0 Å². The van der Waals surface area contributed by atoms with Gasteiger partial charge in [-0.2, -0.15) is 4.39 Å². The number of allylic oxidation sites excluding steroid dienone is 2. The number of sulfonamides is 1. The highest BCUT2D eigenvalue weighted by Gasteiger charge is 2.18. The number of hydrogen-bond donors (Lipinski definition) is 1. The van der Waals surface area contributed by atoms with Crippen molar-refractivity contribution in [3.8, 4) is 0 Å². The molecular weight excluding hydrogens is 303 g/mol. The molecule has 1 aromatic heterocycles. The van der Waals surface area contributed by atoms with Gasteiger partial charge in [0.25, 0.3) is 0 Å². The predicted molar refractivity (Wildman–Crippen MR) is 82.7 cm³/mol. The van der Waals surface area contributed by atoms with Crippen molar-refractivity contribution in [3.05, 3.63) is 59.7 Å². The molecule has 0 aliphatic heterocycles. The van der Waals surface area contributed by atoms with E-state index in [2.05, 4.69) is 4.98 Å². The number of primary sulfonamides is 1. The Hall–Kier alpha value is -2.05. The summed E-state index contributed by atoms with van der Waals surface area (Å²) in [5.74, 6) is -0.499. The van der Waals surface area contributed by atoms with E-state index in [1.165, 1.54) is 24.4 Å². The van der Waals surface area contributed by atoms with E-state index in [1.54, 1.807) is 18.2 Å². The Labute approximate surface area is 128 Å². The van der Waals surface area contributed by atoms with E-state index in [4.69, 9.17) is 5.14 Å². The molecule has 0 saturated heterocycles. The molecule has 3 rings (SSSR count). The fraction of sp³-hybridized carbons (Fsp3) is 0.188. The number of aromatic nitrogens is 1. The van der Waals surface area contributed by atoms with Crippen LogP contribution in [0.2, 0.25) is 0 Å². The van der Waals surface area contributed by atoms with Crippen LogP contribution in [-0.2, 0) is 10.0 Å². The molecule has 0 bridgehead atoms. The smallest absolute Gasteiger partial charge is 0.228 e. The van der Waals surface area contributed by atoms with Gasteiger partial charge in [0.2, 0.25) is 16.0 Å². The Balaban J connectivity index is 2.01. The molecule has 114 valence electrons. The van der Waals surface area contributed by atoms with Gasteiger partial charge in [-0.05, 0) is 65.8 Å². The minimum Gasteiger partial charge on any atom is -0.228 e. The average molecular weight is 318 g/mol. The van der Waals surface area contributed by atoms with Crippen LogP contribution >= 0.6 is 0 Å². The number of rotatable bonds is 3. The monoisotopic (exact) mass is 318 g/mol. The summed E-state index contributed by atoms with van der Waals surface area (Å²) < 4.78 is 35.6. The van der Waals surface area contributed by atoms with Crippen molar-refractivity contribution in [1.29, 1.82) is 0 Å². The molecule has 0 unspecified atom stereocenters. The van der Waals surface area contributed by atoms with Gasteiger partial charge in [-0.1, -0.05) is 12.1 Å². The van der Waals surface area contributed by atoms with Gasteiger partial charge >= 0.3 is 0 Å². The first kappa shape index (κ1) is 14.9. The topological polar surface area (TPSA) is 73.1 Å². The Morgan fingerprint density at radius 3 is 2.09 bits per heavy atom. The van der Waals surface area contributed by atoms with Crippen LogP contribution < -0.4 is 5.14 Å². The molecule has 2 N–H and O–H groups in total. The van der Waals surface area contributed by atoms with Crippen molar-refractivity contribution in [3.63, 3.8) is 0 Å². The second kappa shape index (κ2) is 5.62. The highest BCUT2D eigenvalue weighted by molar-refractivity contribution is 7.89. The summed E-state index contributed by atoms with van der Waals surface area (Å²) >= 11 is 0. The van der Waals surface area contributed by atoms with E-state index >= 15 is 0 Å². The fourth-order valence-corrected chi connectivity index (χ4v) is 3.30. The maximum atomic E-state index is 13.0. The van der Waals surface area contributed by atoms with Gasteiger partial charge < -0.3 is 0 Å². The van der Waals surface area contributed by atoms with Crippen LogP contribution in [-0.4, -0.2) is 13.4 Å². The van der Waals surface area contributed by atoms with Gasteiger partial charge in [0, 0.05) is 6.20 Å². The summed E-state index contributed by atoms with van der Waals surface area (Å²) in [5.41, 5.74) is 4.15. The molecule has 0 radical (unpaired) electrons. The first-order valence-corrected chi connectivity index (χ1v) is 8.47. The lowest BCUT2D eigenvalue weighted by Crippen LogP contribution is -2.11. The fourth-order valence-electron chi connectivity index (χ4n) is 2.78. The van der Waals surface area contributed by atoms with Crippen LogP contribution in [0, 0.1) is 5.95 Å². The van der Waals surface area contributed by atoms with Gasteiger partial charge in [0.1, 0.15) is 0 Å². The zero-order valence-electron chi connectivity index (χ0n) is 11.8. The number of hydrogen-bond acceptors (Lipinski definition) is 3.